The fourth-order valence-electron chi connectivity index (χ4n) is 2.58. The first kappa shape index (κ1) is 16.0. The molecule has 0 aliphatic carbocycles. The third kappa shape index (κ3) is 3.43. The monoisotopic (exact) mass is 307 g/mol. The molecule has 0 amide bonds. The zero-order valence-corrected chi connectivity index (χ0v) is 13.4. The van der Waals surface area contributed by atoms with E-state index in [-0.39, 0.29) is 4.90 Å². The molecule has 1 aliphatic heterocycles. The van der Waals surface area contributed by atoms with Gasteiger partial charge in [-0.25, -0.2) is 8.42 Å². The molecule has 21 heavy (non-hydrogen) atoms. The molecule has 1 heterocycles. The maximum Gasteiger partial charge on any atom is 0.243 e. The maximum absolute atomic E-state index is 12.6. The van der Waals surface area contributed by atoms with Gasteiger partial charge in [0.15, 0.2) is 0 Å². The van der Waals surface area contributed by atoms with Crippen molar-refractivity contribution in [2.45, 2.75) is 25.2 Å². The summed E-state index contributed by atoms with van der Waals surface area (Å²) in [6.45, 7) is 7.52. The Bertz CT molecular complexity index is 641. The van der Waals surface area contributed by atoms with Crippen LogP contribution in [0.5, 0.6) is 0 Å². The van der Waals surface area contributed by atoms with Gasteiger partial charge in [0, 0.05) is 26.2 Å². The molecule has 0 N–H and O–H groups in total. The van der Waals surface area contributed by atoms with E-state index >= 15 is 0 Å². The lowest BCUT2D eigenvalue weighted by molar-refractivity contribution is 0.188. The van der Waals surface area contributed by atoms with E-state index in [0.29, 0.717) is 24.2 Å². The molecule has 0 unspecified atom stereocenters. The highest BCUT2D eigenvalue weighted by Gasteiger charge is 2.28. The third-order valence-corrected chi connectivity index (χ3v) is 5.72. The van der Waals surface area contributed by atoms with Crippen LogP contribution < -0.4 is 0 Å². The summed E-state index contributed by atoms with van der Waals surface area (Å²) in [4.78, 5) is 2.57. The average Bonchev–Trinajstić information content (AvgIpc) is 2.48. The molecule has 5 nitrogen and oxygen atoms in total. The van der Waals surface area contributed by atoms with Gasteiger partial charge >= 0.3 is 0 Å². The Morgan fingerprint density at radius 3 is 2.43 bits per heavy atom. The van der Waals surface area contributed by atoms with Crippen molar-refractivity contribution in [2.24, 2.45) is 0 Å². The van der Waals surface area contributed by atoms with Crippen molar-refractivity contribution in [3.8, 4) is 6.07 Å². The Morgan fingerprint density at radius 2 is 1.90 bits per heavy atom. The predicted octanol–water partition coefficient (Wildman–Crippen LogP) is 1.58. The zero-order chi connectivity index (χ0) is 15.5. The molecule has 2 rings (SSSR count). The highest BCUT2D eigenvalue weighted by atomic mass is 32.2. The van der Waals surface area contributed by atoms with Gasteiger partial charge in [-0.15, -0.1) is 0 Å². The minimum Gasteiger partial charge on any atom is -0.301 e. The summed E-state index contributed by atoms with van der Waals surface area (Å²) in [5.41, 5.74) is 1.21. The van der Waals surface area contributed by atoms with Crippen molar-refractivity contribution >= 4 is 10.0 Å². The van der Waals surface area contributed by atoms with Gasteiger partial charge in [0.25, 0.3) is 0 Å². The fourth-order valence-corrected chi connectivity index (χ4v) is 4.09. The van der Waals surface area contributed by atoms with Crippen molar-refractivity contribution in [3.05, 3.63) is 29.3 Å². The SMILES string of the molecule is CCCN1CCN(S(=O)(=O)c2ccc(C#N)c(C)c2)CC1. The summed E-state index contributed by atoms with van der Waals surface area (Å²) in [6, 6.07) is 6.75. The number of aryl methyl sites for hydroxylation is 1. The lowest BCUT2D eigenvalue weighted by atomic mass is 10.1. The van der Waals surface area contributed by atoms with Crippen LogP contribution in [0.4, 0.5) is 0 Å². The number of nitrogens with zero attached hydrogens (tertiary/aromatic N) is 3. The first-order chi connectivity index (χ1) is 9.98. The van der Waals surface area contributed by atoms with Crippen molar-refractivity contribution in [1.29, 1.82) is 5.26 Å². The van der Waals surface area contributed by atoms with E-state index in [1.165, 1.54) is 6.07 Å². The van der Waals surface area contributed by atoms with Crippen molar-refractivity contribution in [3.63, 3.8) is 0 Å². The van der Waals surface area contributed by atoms with E-state index in [0.717, 1.165) is 26.1 Å². The van der Waals surface area contributed by atoms with E-state index in [2.05, 4.69) is 17.9 Å². The Morgan fingerprint density at radius 1 is 1.24 bits per heavy atom. The van der Waals surface area contributed by atoms with Gasteiger partial charge in [0.2, 0.25) is 10.0 Å². The third-order valence-electron chi connectivity index (χ3n) is 3.83. The molecule has 0 bridgehead atoms. The molecule has 1 aromatic rings. The molecular weight excluding hydrogens is 286 g/mol. The van der Waals surface area contributed by atoms with E-state index < -0.39 is 10.0 Å². The molecule has 1 aromatic carbocycles. The molecule has 0 saturated carbocycles. The van der Waals surface area contributed by atoms with Crippen molar-refractivity contribution in [1.82, 2.24) is 9.21 Å². The molecular formula is C15H21N3O2S. The largest absolute Gasteiger partial charge is 0.301 e. The van der Waals surface area contributed by atoms with Crippen LogP contribution in [0.1, 0.15) is 24.5 Å². The zero-order valence-electron chi connectivity index (χ0n) is 12.5. The lowest BCUT2D eigenvalue weighted by Gasteiger charge is -2.33. The van der Waals surface area contributed by atoms with Gasteiger partial charge in [-0.1, -0.05) is 6.92 Å². The van der Waals surface area contributed by atoms with Crippen LogP contribution in [0.25, 0.3) is 0 Å². The molecule has 1 aliphatic rings. The van der Waals surface area contributed by atoms with Crippen LogP contribution in [0.15, 0.2) is 23.1 Å². The van der Waals surface area contributed by atoms with Crippen LogP contribution in [0.2, 0.25) is 0 Å². The van der Waals surface area contributed by atoms with Gasteiger partial charge in [-0.2, -0.15) is 9.57 Å². The molecule has 0 aromatic heterocycles. The molecule has 1 fully saturated rings. The second-order valence-corrected chi connectivity index (χ2v) is 7.27. The quantitative estimate of drug-likeness (QED) is 0.847. The Labute approximate surface area is 126 Å². The van der Waals surface area contributed by atoms with Gasteiger partial charge < -0.3 is 4.90 Å². The van der Waals surface area contributed by atoms with Crippen molar-refractivity contribution < 1.29 is 8.42 Å². The highest BCUT2D eigenvalue weighted by molar-refractivity contribution is 7.89. The number of hydrogen-bond donors (Lipinski definition) is 0. The van der Waals surface area contributed by atoms with E-state index in [1.54, 1.807) is 23.4 Å². The van der Waals surface area contributed by atoms with Gasteiger partial charge in [0.1, 0.15) is 0 Å². The number of piperazine rings is 1. The minimum atomic E-state index is -3.45. The second kappa shape index (κ2) is 6.56. The van der Waals surface area contributed by atoms with E-state index in [1.807, 2.05) is 0 Å². The van der Waals surface area contributed by atoms with Crippen LogP contribution in [-0.2, 0) is 10.0 Å². The molecule has 0 radical (unpaired) electrons. The van der Waals surface area contributed by atoms with Crippen LogP contribution in [0, 0.1) is 18.3 Å². The number of benzene rings is 1. The molecule has 0 spiro atoms. The lowest BCUT2D eigenvalue weighted by Crippen LogP contribution is -2.48. The van der Waals surface area contributed by atoms with Gasteiger partial charge in [0.05, 0.1) is 16.5 Å². The number of rotatable bonds is 4. The first-order valence-corrected chi connectivity index (χ1v) is 8.66. The van der Waals surface area contributed by atoms with Gasteiger partial charge in [-0.3, -0.25) is 0 Å². The fraction of sp³-hybridized carbons (Fsp3) is 0.533. The maximum atomic E-state index is 12.6. The smallest absolute Gasteiger partial charge is 0.243 e. The number of sulfonamides is 1. The molecule has 0 atom stereocenters. The predicted molar refractivity (Wildman–Crippen MR) is 81.4 cm³/mol. The van der Waals surface area contributed by atoms with Crippen LogP contribution in [-0.4, -0.2) is 50.3 Å². The summed E-state index contributed by atoms with van der Waals surface area (Å²) in [5, 5.41) is 8.93. The molecule has 1 saturated heterocycles. The second-order valence-electron chi connectivity index (χ2n) is 5.33. The Kier molecular flexibility index (Phi) is 4.99. The first-order valence-electron chi connectivity index (χ1n) is 7.22. The minimum absolute atomic E-state index is 0.281. The molecule has 114 valence electrons. The highest BCUT2D eigenvalue weighted by Crippen LogP contribution is 2.20. The number of nitriles is 1. The van der Waals surface area contributed by atoms with Crippen molar-refractivity contribution in [2.75, 3.05) is 32.7 Å². The summed E-state index contributed by atoms with van der Waals surface area (Å²) in [7, 11) is -3.45. The van der Waals surface area contributed by atoms with Crippen LogP contribution >= 0.6 is 0 Å². The average molecular weight is 307 g/mol. The summed E-state index contributed by atoms with van der Waals surface area (Å²) >= 11 is 0. The molecule has 6 heteroatoms. The van der Waals surface area contributed by atoms with E-state index in [4.69, 9.17) is 5.26 Å². The standard InChI is InChI=1S/C15H21N3O2S/c1-3-6-17-7-9-18(10-8-17)21(19,20)15-5-4-14(12-16)13(2)11-15/h4-5,11H,3,6-10H2,1-2H3. The van der Waals surface area contributed by atoms with Crippen LogP contribution in [0.3, 0.4) is 0 Å². The Balaban J connectivity index is 2.16. The summed E-state index contributed by atoms with van der Waals surface area (Å²) in [6.07, 6.45) is 1.08. The number of hydrogen-bond acceptors (Lipinski definition) is 4. The normalized spacial score (nSPS) is 17.6. The topological polar surface area (TPSA) is 64.4 Å². The van der Waals surface area contributed by atoms with Gasteiger partial charge in [-0.05, 0) is 43.7 Å². The summed E-state index contributed by atoms with van der Waals surface area (Å²) < 4.78 is 26.8. The summed E-state index contributed by atoms with van der Waals surface area (Å²) in [5.74, 6) is 0. The van der Waals surface area contributed by atoms with E-state index in [9.17, 15) is 8.42 Å². The Hall–Kier alpha value is -1.42.